The molecule has 3 aliphatic rings. The third-order valence-electron chi connectivity index (χ3n) is 9.90. The van der Waals surface area contributed by atoms with Gasteiger partial charge in [0.15, 0.2) is 5.75 Å². The molecule has 1 N–H and O–H groups in total. The van der Waals surface area contributed by atoms with Crippen LogP contribution in [-0.2, 0) is 24.4 Å². The Hall–Kier alpha value is -4.44. The number of fused-ring (bicyclic) bond motifs is 2. The number of carbonyl (C=O) groups excluding carboxylic acids is 3. The summed E-state index contributed by atoms with van der Waals surface area (Å²) in [5, 5.41) is 15.2. The van der Waals surface area contributed by atoms with E-state index in [1.165, 1.54) is 60.5 Å². The van der Waals surface area contributed by atoms with Crippen LogP contribution in [0, 0.1) is 28.4 Å². The van der Waals surface area contributed by atoms with Gasteiger partial charge in [0.25, 0.3) is 0 Å². The highest BCUT2D eigenvalue weighted by Gasteiger charge is 2.67. The average Bonchev–Trinajstić information content (AvgIpc) is 3.25. The average molecular weight is 771 g/mol. The molecular formula is C39H39Cl2F2N3O7. The lowest BCUT2D eigenvalue weighted by Crippen LogP contribution is -2.48. The zero-order chi connectivity index (χ0) is 38.2. The molecule has 0 spiro atoms. The van der Waals surface area contributed by atoms with Crippen LogP contribution in [0.25, 0.3) is 0 Å². The van der Waals surface area contributed by atoms with E-state index < -0.39 is 64.8 Å². The summed E-state index contributed by atoms with van der Waals surface area (Å²) in [6.45, 7) is 7.09. The summed E-state index contributed by atoms with van der Waals surface area (Å²) < 4.78 is 48.2. The Morgan fingerprint density at radius 1 is 1.08 bits per heavy atom. The fraction of sp³-hybridized carbons (Fsp3) is 0.436. The number of nitrogens with one attached hydrogen (secondary N) is 1. The molecule has 280 valence electrons. The Morgan fingerprint density at radius 2 is 1.81 bits per heavy atom. The van der Waals surface area contributed by atoms with E-state index in [4.69, 9.17) is 42.3 Å². The topological polar surface area (TPSA) is 127 Å². The van der Waals surface area contributed by atoms with Crippen molar-refractivity contribution in [3.63, 3.8) is 0 Å². The van der Waals surface area contributed by atoms with Gasteiger partial charge in [0.2, 0.25) is 12.2 Å². The van der Waals surface area contributed by atoms with E-state index in [9.17, 15) is 19.6 Å². The molecule has 1 amide bonds. The Morgan fingerprint density at radius 3 is 2.49 bits per heavy atom. The number of benzene rings is 3. The predicted octanol–water partition coefficient (Wildman–Crippen LogP) is 9.24. The van der Waals surface area contributed by atoms with Crippen LogP contribution in [0.3, 0.4) is 0 Å². The standard InChI is InChI=1S/C39H39Cl2F2N3O7/c1-21(51-37(49)52-24-9-6-5-7-10-24)50-36(48)22-13-16-29-30(17-22)53-46-31(19-38(2,3)4)39(20-44,26-15-14-23(40)18-28(26)42)32(34(46)35(47)45-29)25-11-8-12-27(41)33(25)43/h8,11-18,21,24,31-32,34H,5-7,9-10,19H2,1-4H3,(H,45,47)/t21?,31-,32-,34+,39-/m0/s1. The van der Waals surface area contributed by atoms with Crippen LogP contribution in [0.4, 0.5) is 19.3 Å². The fourth-order valence-electron chi connectivity index (χ4n) is 7.64. The summed E-state index contributed by atoms with van der Waals surface area (Å²) in [6, 6.07) is 12.1. The van der Waals surface area contributed by atoms with Crippen molar-refractivity contribution >= 4 is 46.9 Å². The van der Waals surface area contributed by atoms with Gasteiger partial charge >= 0.3 is 12.1 Å². The number of halogens is 4. The molecule has 14 heteroatoms. The van der Waals surface area contributed by atoms with Gasteiger partial charge in [-0.05, 0) is 79.5 Å². The zero-order valence-electron chi connectivity index (χ0n) is 29.6. The van der Waals surface area contributed by atoms with Gasteiger partial charge in [0, 0.05) is 23.4 Å². The van der Waals surface area contributed by atoms with E-state index in [-0.39, 0.29) is 50.7 Å². The number of rotatable bonds is 7. The van der Waals surface area contributed by atoms with Crippen molar-refractivity contribution < 1.29 is 42.2 Å². The lowest BCUT2D eigenvalue weighted by Gasteiger charge is -2.38. The quantitative estimate of drug-likeness (QED) is 0.185. The zero-order valence-corrected chi connectivity index (χ0v) is 31.1. The number of anilines is 1. The van der Waals surface area contributed by atoms with Gasteiger partial charge in [-0.3, -0.25) is 4.79 Å². The first kappa shape index (κ1) is 38.3. The van der Waals surface area contributed by atoms with E-state index >= 15 is 8.78 Å². The third kappa shape index (κ3) is 7.66. The summed E-state index contributed by atoms with van der Waals surface area (Å²) in [5.74, 6) is -4.61. The molecular weight excluding hydrogens is 731 g/mol. The highest BCUT2D eigenvalue weighted by molar-refractivity contribution is 6.31. The molecule has 6 rings (SSSR count). The molecule has 5 atom stereocenters. The van der Waals surface area contributed by atoms with Gasteiger partial charge in [-0.1, -0.05) is 68.6 Å². The molecule has 3 aromatic rings. The summed E-state index contributed by atoms with van der Waals surface area (Å²) in [6.07, 6.45) is 2.12. The SMILES string of the molecule is CC(OC(=O)OC1CCCCC1)OC(=O)c1ccc2c(c1)ON1[C@@H](CC(C)(C)C)[C@](C#N)(c3ccc(Cl)cc3F)[C@@H](c3cccc(Cl)c3F)[C@@H]1C(=O)N2. The molecule has 1 saturated carbocycles. The number of esters is 1. The number of ether oxygens (including phenoxy) is 3. The molecule has 2 heterocycles. The van der Waals surface area contributed by atoms with Crippen molar-refractivity contribution in [3.8, 4) is 11.8 Å². The Balaban J connectivity index is 1.39. The van der Waals surface area contributed by atoms with Crippen LogP contribution in [0.15, 0.2) is 54.6 Å². The Bertz CT molecular complexity index is 1960. The van der Waals surface area contributed by atoms with Gasteiger partial charge in [-0.2, -0.15) is 5.26 Å². The van der Waals surface area contributed by atoms with E-state index in [1.54, 1.807) is 0 Å². The van der Waals surface area contributed by atoms with Crippen LogP contribution in [0.1, 0.15) is 93.6 Å². The van der Waals surface area contributed by atoms with Crippen molar-refractivity contribution in [2.45, 2.75) is 102 Å². The maximum atomic E-state index is 16.1. The minimum Gasteiger partial charge on any atom is -0.431 e. The van der Waals surface area contributed by atoms with Crippen LogP contribution in [0.5, 0.6) is 5.75 Å². The van der Waals surface area contributed by atoms with Gasteiger partial charge in [-0.25, -0.2) is 18.4 Å². The van der Waals surface area contributed by atoms with E-state index in [1.807, 2.05) is 20.8 Å². The van der Waals surface area contributed by atoms with Crippen molar-refractivity contribution in [1.82, 2.24) is 5.06 Å². The molecule has 10 nitrogen and oxygen atoms in total. The van der Waals surface area contributed by atoms with E-state index in [2.05, 4.69) is 11.4 Å². The molecule has 3 aromatic carbocycles. The van der Waals surface area contributed by atoms with Crippen molar-refractivity contribution in [1.29, 1.82) is 5.26 Å². The smallest absolute Gasteiger partial charge is 0.431 e. The maximum Gasteiger partial charge on any atom is 0.511 e. The van der Waals surface area contributed by atoms with Crippen LogP contribution < -0.4 is 10.2 Å². The number of amides is 1. The number of hydrogen-bond donors (Lipinski definition) is 1. The summed E-state index contributed by atoms with van der Waals surface area (Å²) in [7, 11) is 0. The van der Waals surface area contributed by atoms with Crippen LogP contribution in [-0.4, -0.2) is 47.6 Å². The second-order valence-electron chi connectivity index (χ2n) is 14.8. The normalized spacial score (nSPS) is 23.7. The lowest BCUT2D eigenvalue weighted by molar-refractivity contribution is -0.142. The largest absolute Gasteiger partial charge is 0.511 e. The molecule has 1 aliphatic carbocycles. The number of nitriles is 1. The molecule has 1 unspecified atom stereocenters. The number of hydroxylamine groups is 2. The first-order valence-corrected chi connectivity index (χ1v) is 18.2. The minimum atomic E-state index is -1.94. The number of hydrogen-bond acceptors (Lipinski definition) is 9. The molecule has 0 radical (unpaired) electrons. The molecule has 1 saturated heterocycles. The van der Waals surface area contributed by atoms with Crippen molar-refractivity contribution in [3.05, 3.63) is 93.0 Å². The van der Waals surface area contributed by atoms with Gasteiger partial charge in [0.1, 0.15) is 29.2 Å². The highest BCUT2D eigenvalue weighted by atomic mass is 35.5. The molecule has 0 aromatic heterocycles. The monoisotopic (exact) mass is 769 g/mol. The predicted molar refractivity (Wildman–Crippen MR) is 191 cm³/mol. The molecule has 0 bridgehead atoms. The number of nitrogens with zero attached hydrogens (tertiary/aromatic N) is 2. The Labute approximate surface area is 316 Å². The van der Waals surface area contributed by atoms with Crippen molar-refractivity contribution in [2.75, 3.05) is 5.32 Å². The summed E-state index contributed by atoms with van der Waals surface area (Å²) >= 11 is 12.4. The fourth-order valence-corrected chi connectivity index (χ4v) is 7.98. The second kappa shape index (κ2) is 15.1. The molecule has 2 aliphatic heterocycles. The van der Waals surface area contributed by atoms with Crippen LogP contribution >= 0.6 is 23.2 Å². The third-order valence-corrected chi connectivity index (χ3v) is 10.4. The van der Waals surface area contributed by atoms with Gasteiger partial charge < -0.3 is 24.4 Å². The minimum absolute atomic E-state index is 0.00452. The van der Waals surface area contributed by atoms with Crippen molar-refractivity contribution in [2.24, 2.45) is 5.41 Å². The van der Waals surface area contributed by atoms with Gasteiger partial charge in [-0.15, -0.1) is 5.06 Å². The van der Waals surface area contributed by atoms with E-state index in [0.717, 1.165) is 38.2 Å². The lowest BCUT2D eigenvalue weighted by atomic mass is 9.62. The second-order valence-corrected chi connectivity index (χ2v) is 15.7. The molecule has 53 heavy (non-hydrogen) atoms. The first-order chi connectivity index (χ1) is 25.1. The van der Waals surface area contributed by atoms with Gasteiger partial charge in [0.05, 0.1) is 28.4 Å². The number of carbonyl (C=O) groups is 3. The van der Waals surface area contributed by atoms with Crippen LogP contribution in [0.2, 0.25) is 10.0 Å². The summed E-state index contributed by atoms with van der Waals surface area (Å²) in [5.41, 5.74) is -2.54. The highest BCUT2D eigenvalue weighted by Crippen LogP contribution is 2.57. The molecule has 2 fully saturated rings. The first-order valence-electron chi connectivity index (χ1n) is 17.4. The maximum absolute atomic E-state index is 16.1. The summed E-state index contributed by atoms with van der Waals surface area (Å²) in [4.78, 5) is 46.5. The Kier molecular flexibility index (Phi) is 10.9. The van der Waals surface area contributed by atoms with E-state index in [0.29, 0.717) is 0 Å².